The molecule has 1 N–H and O–H groups in total. The maximum absolute atomic E-state index is 11.1. The van der Waals surface area contributed by atoms with E-state index in [0.717, 1.165) is 16.6 Å². The average Bonchev–Trinajstić information content (AvgIpc) is 2.35. The van der Waals surface area contributed by atoms with Crippen LogP contribution in [0.2, 0.25) is 0 Å². The minimum Gasteiger partial charge on any atom is -0.493 e. The molecule has 0 aliphatic rings. The van der Waals surface area contributed by atoms with Crippen molar-refractivity contribution in [2.24, 2.45) is 0 Å². The largest absolute Gasteiger partial charge is 0.493 e. The summed E-state index contributed by atoms with van der Waals surface area (Å²) in [5, 5.41) is 11.8. The lowest BCUT2D eigenvalue weighted by Gasteiger charge is -2.06. The molecule has 0 atom stereocenters. The second-order valence-electron chi connectivity index (χ2n) is 3.29. The summed E-state index contributed by atoms with van der Waals surface area (Å²) in [4.78, 5) is 11.1. The number of ether oxygens (including phenoxy) is 1. The molecule has 0 unspecified atom stereocenters. The number of rotatable bonds is 6. The number of nitrogens with zero attached hydrogens (tertiary/aromatic N) is 1. The highest BCUT2D eigenvalue weighted by atomic mass is 79.9. The molecular formula is C12H13BrN2O2. The number of hydrogen-bond donors (Lipinski definition) is 1. The lowest BCUT2D eigenvalue weighted by atomic mass is 10.2. The highest BCUT2D eigenvalue weighted by Crippen LogP contribution is 2.12. The van der Waals surface area contributed by atoms with Gasteiger partial charge in [-0.15, -0.1) is 0 Å². The van der Waals surface area contributed by atoms with Gasteiger partial charge in [-0.1, -0.05) is 28.1 Å². The van der Waals surface area contributed by atoms with E-state index in [-0.39, 0.29) is 12.3 Å². The Morgan fingerprint density at radius 3 is 2.71 bits per heavy atom. The second-order valence-corrected chi connectivity index (χ2v) is 4.09. The second kappa shape index (κ2) is 7.69. The summed E-state index contributed by atoms with van der Waals surface area (Å²) < 4.78 is 5.40. The van der Waals surface area contributed by atoms with Gasteiger partial charge < -0.3 is 10.1 Å². The van der Waals surface area contributed by atoms with Crippen LogP contribution < -0.4 is 10.1 Å². The first-order chi connectivity index (χ1) is 8.26. The Bertz CT molecular complexity index is 398. The Balaban J connectivity index is 2.40. The first kappa shape index (κ1) is 13.5. The highest BCUT2D eigenvalue weighted by Gasteiger charge is 2.00. The maximum Gasteiger partial charge on any atom is 0.234 e. The Morgan fingerprint density at radius 1 is 1.41 bits per heavy atom. The van der Waals surface area contributed by atoms with Gasteiger partial charge in [-0.25, -0.2) is 0 Å². The van der Waals surface area contributed by atoms with E-state index in [9.17, 15) is 4.79 Å². The third-order valence-electron chi connectivity index (χ3n) is 2.00. The van der Waals surface area contributed by atoms with Crippen molar-refractivity contribution in [1.29, 1.82) is 5.26 Å². The van der Waals surface area contributed by atoms with Crippen LogP contribution in [0.4, 0.5) is 0 Å². The monoisotopic (exact) mass is 296 g/mol. The molecule has 0 bridgehead atoms. The van der Waals surface area contributed by atoms with Crippen molar-refractivity contribution in [3.63, 3.8) is 0 Å². The molecule has 0 radical (unpaired) electrons. The SMILES string of the molecule is N#CCC(=O)NCc1ccc(OCCBr)cc1. The van der Waals surface area contributed by atoms with Gasteiger partial charge in [0, 0.05) is 11.9 Å². The molecule has 1 aromatic carbocycles. The quantitative estimate of drug-likeness (QED) is 0.817. The summed E-state index contributed by atoms with van der Waals surface area (Å²) in [6.07, 6.45) is -0.105. The van der Waals surface area contributed by atoms with E-state index in [4.69, 9.17) is 10.00 Å². The molecule has 90 valence electrons. The predicted octanol–water partition coefficient (Wildman–Crippen LogP) is 1.99. The van der Waals surface area contributed by atoms with Crippen LogP contribution >= 0.6 is 15.9 Å². The van der Waals surface area contributed by atoms with Crippen LogP contribution in [0.1, 0.15) is 12.0 Å². The van der Waals surface area contributed by atoms with Gasteiger partial charge in [0.2, 0.25) is 5.91 Å². The fourth-order valence-corrected chi connectivity index (χ4v) is 1.36. The fourth-order valence-electron chi connectivity index (χ4n) is 1.19. The van der Waals surface area contributed by atoms with E-state index in [0.29, 0.717) is 13.2 Å². The number of nitrogens with one attached hydrogen (secondary N) is 1. The Kier molecular flexibility index (Phi) is 6.12. The predicted molar refractivity (Wildman–Crippen MR) is 67.8 cm³/mol. The molecule has 1 amide bonds. The molecule has 0 aliphatic heterocycles. The van der Waals surface area contributed by atoms with Crippen LogP contribution in [0, 0.1) is 11.3 Å². The number of amides is 1. The Morgan fingerprint density at radius 2 is 2.12 bits per heavy atom. The lowest BCUT2D eigenvalue weighted by Crippen LogP contribution is -2.21. The Hall–Kier alpha value is -1.54. The summed E-state index contributed by atoms with van der Waals surface area (Å²) in [6, 6.07) is 9.28. The standard InChI is InChI=1S/C12H13BrN2O2/c13-6-8-17-11-3-1-10(2-4-11)9-15-12(16)5-7-14/h1-4H,5-6,8-9H2,(H,15,16). The molecule has 0 heterocycles. The van der Waals surface area contributed by atoms with Gasteiger partial charge in [0.1, 0.15) is 12.2 Å². The fraction of sp³-hybridized carbons (Fsp3) is 0.333. The van der Waals surface area contributed by atoms with E-state index in [1.165, 1.54) is 0 Å². The van der Waals surface area contributed by atoms with Gasteiger partial charge in [-0.2, -0.15) is 5.26 Å². The van der Waals surface area contributed by atoms with Gasteiger partial charge >= 0.3 is 0 Å². The van der Waals surface area contributed by atoms with Crippen molar-refractivity contribution in [1.82, 2.24) is 5.32 Å². The zero-order valence-corrected chi connectivity index (χ0v) is 10.9. The van der Waals surface area contributed by atoms with Crippen molar-refractivity contribution in [3.8, 4) is 11.8 Å². The molecular weight excluding hydrogens is 284 g/mol. The number of nitriles is 1. The van der Waals surface area contributed by atoms with Gasteiger partial charge in [-0.3, -0.25) is 4.79 Å². The first-order valence-corrected chi connectivity index (χ1v) is 6.29. The van der Waals surface area contributed by atoms with E-state index in [1.807, 2.05) is 24.3 Å². The van der Waals surface area contributed by atoms with E-state index >= 15 is 0 Å². The van der Waals surface area contributed by atoms with Crippen molar-refractivity contribution in [3.05, 3.63) is 29.8 Å². The van der Waals surface area contributed by atoms with Crippen molar-refractivity contribution >= 4 is 21.8 Å². The third kappa shape index (κ3) is 5.36. The molecule has 0 spiro atoms. The molecule has 4 nitrogen and oxygen atoms in total. The number of hydrogen-bond acceptors (Lipinski definition) is 3. The third-order valence-corrected chi connectivity index (χ3v) is 2.32. The summed E-state index contributed by atoms with van der Waals surface area (Å²) >= 11 is 3.28. The van der Waals surface area contributed by atoms with Crippen LogP contribution in [-0.2, 0) is 11.3 Å². The van der Waals surface area contributed by atoms with E-state index in [2.05, 4.69) is 21.2 Å². The summed E-state index contributed by atoms with van der Waals surface area (Å²) in [5.74, 6) is 0.545. The number of halogens is 1. The number of carbonyl (C=O) groups is 1. The molecule has 0 saturated carbocycles. The highest BCUT2D eigenvalue weighted by molar-refractivity contribution is 9.09. The lowest BCUT2D eigenvalue weighted by molar-refractivity contribution is -0.120. The smallest absolute Gasteiger partial charge is 0.234 e. The zero-order chi connectivity index (χ0) is 12.5. The van der Waals surface area contributed by atoms with Crippen LogP contribution in [0.25, 0.3) is 0 Å². The maximum atomic E-state index is 11.1. The summed E-state index contributed by atoms with van der Waals surface area (Å²) in [5.41, 5.74) is 0.975. The van der Waals surface area contributed by atoms with Crippen LogP contribution in [0.3, 0.4) is 0 Å². The van der Waals surface area contributed by atoms with E-state index < -0.39 is 0 Å². The first-order valence-electron chi connectivity index (χ1n) is 5.17. The van der Waals surface area contributed by atoms with Crippen LogP contribution in [0.5, 0.6) is 5.75 Å². The molecule has 0 saturated heterocycles. The van der Waals surface area contributed by atoms with Crippen molar-refractivity contribution < 1.29 is 9.53 Å². The average molecular weight is 297 g/mol. The number of alkyl halides is 1. The van der Waals surface area contributed by atoms with Crippen LogP contribution in [-0.4, -0.2) is 17.8 Å². The summed E-state index contributed by atoms with van der Waals surface area (Å²) in [6.45, 7) is 1.05. The van der Waals surface area contributed by atoms with Gasteiger partial charge in [0.25, 0.3) is 0 Å². The van der Waals surface area contributed by atoms with E-state index in [1.54, 1.807) is 6.07 Å². The van der Waals surface area contributed by atoms with Crippen molar-refractivity contribution in [2.45, 2.75) is 13.0 Å². The molecule has 1 rings (SSSR count). The topological polar surface area (TPSA) is 62.1 Å². The molecule has 1 aromatic rings. The molecule has 5 heteroatoms. The van der Waals surface area contributed by atoms with Gasteiger partial charge in [0.05, 0.1) is 12.7 Å². The minimum atomic E-state index is -0.257. The number of carbonyl (C=O) groups excluding carboxylic acids is 1. The Labute approximate surface area is 109 Å². The molecule has 17 heavy (non-hydrogen) atoms. The molecule has 0 aliphatic carbocycles. The normalized spacial score (nSPS) is 9.41. The van der Waals surface area contributed by atoms with Gasteiger partial charge in [0.15, 0.2) is 0 Å². The van der Waals surface area contributed by atoms with Gasteiger partial charge in [-0.05, 0) is 17.7 Å². The number of benzene rings is 1. The molecule has 0 fully saturated rings. The van der Waals surface area contributed by atoms with Crippen molar-refractivity contribution in [2.75, 3.05) is 11.9 Å². The summed E-state index contributed by atoms with van der Waals surface area (Å²) in [7, 11) is 0. The molecule has 0 aromatic heterocycles. The van der Waals surface area contributed by atoms with Crippen LogP contribution in [0.15, 0.2) is 24.3 Å². The minimum absolute atomic E-state index is 0.105. The zero-order valence-electron chi connectivity index (χ0n) is 9.28.